The van der Waals surface area contributed by atoms with Gasteiger partial charge in [-0.2, -0.15) is 0 Å². The molecular formula is C14H16BrClN2O2. The molecule has 0 aliphatic heterocycles. The van der Waals surface area contributed by atoms with Gasteiger partial charge in [-0.15, -0.1) is 0 Å². The van der Waals surface area contributed by atoms with Crippen LogP contribution in [0.5, 0.6) is 0 Å². The molecule has 4 nitrogen and oxygen atoms in total. The first kappa shape index (κ1) is 15.3. The number of carbonyl (C=O) groups is 2. The van der Waals surface area contributed by atoms with Crippen LogP contribution in [0.15, 0.2) is 22.7 Å². The standard InChI is InChI=1S/C14H16BrClN2O2/c1-8-6-10(8)14(20)17-5-4-13(19)18-12-3-2-9(15)7-11(12)16/h2-3,7-8,10H,4-6H2,1H3,(H,17,20)(H,18,19)/t8-,10-/m1/s1. The third-order valence-electron chi connectivity index (χ3n) is 3.30. The van der Waals surface area contributed by atoms with Gasteiger partial charge in [-0.05, 0) is 30.5 Å². The van der Waals surface area contributed by atoms with Gasteiger partial charge in [-0.25, -0.2) is 0 Å². The Kier molecular flexibility index (Phi) is 5.05. The van der Waals surface area contributed by atoms with E-state index >= 15 is 0 Å². The minimum atomic E-state index is -0.168. The molecule has 0 unspecified atom stereocenters. The van der Waals surface area contributed by atoms with Crippen LogP contribution in [0.4, 0.5) is 5.69 Å². The lowest BCUT2D eigenvalue weighted by Crippen LogP contribution is -2.29. The SMILES string of the molecule is C[C@@H]1C[C@H]1C(=O)NCCC(=O)Nc1ccc(Br)cc1Cl. The number of nitrogens with one attached hydrogen (secondary N) is 2. The summed E-state index contributed by atoms with van der Waals surface area (Å²) in [4.78, 5) is 23.3. The van der Waals surface area contributed by atoms with Crippen LogP contribution in [-0.4, -0.2) is 18.4 Å². The molecule has 2 amide bonds. The van der Waals surface area contributed by atoms with Crippen molar-refractivity contribution < 1.29 is 9.59 Å². The lowest BCUT2D eigenvalue weighted by Gasteiger charge is -2.08. The molecule has 0 spiro atoms. The predicted molar refractivity (Wildman–Crippen MR) is 82.7 cm³/mol. The Morgan fingerprint density at radius 2 is 2.15 bits per heavy atom. The van der Waals surface area contributed by atoms with E-state index in [1.54, 1.807) is 18.2 Å². The van der Waals surface area contributed by atoms with Gasteiger partial charge >= 0.3 is 0 Å². The van der Waals surface area contributed by atoms with Gasteiger partial charge in [0, 0.05) is 23.4 Å². The highest BCUT2D eigenvalue weighted by Crippen LogP contribution is 2.37. The summed E-state index contributed by atoms with van der Waals surface area (Å²) in [6.45, 7) is 2.40. The fraction of sp³-hybridized carbons (Fsp3) is 0.429. The molecule has 0 heterocycles. The number of hydrogen-bond donors (Lipinski definition) is 2. The van der Waals surface area contributed by atoms with Gasteiger partial charge in [0.15, 0.2) is 0 Å². The lowest BCUT2D eigenvalue weighted by molar-refractivity contribution is -0.122. The summed E-state index contributed by atoms with van der Waals surface area (Å²) in [7, 11) is 0. The Hall–Kier alpha value is -1.07. The van der Waals surface area contributed by atoms with Crippen LogP contribution in [0.2, 0.25) is 5.02 Å². The van der Waals surface area contributed by atoms with Crippen LogP contribution in [0, 0.1) is 11.8 Å². The zero-order chi connectivity index (χ0) is 14.7. The van der Waals surface area contributed by atoms with Crippen molar-refractivity contribution in [3.63, 3.8) is 0 Å². The van der Waals surface area contributed by atoms with E-state index in [0.29, 0.717) is 23.2 Å². The average molecular weight is 360 g/mol. The molecule has 2 N–H and O–H groups in total. The summed E-state index contributed by atoms with van der Waals surface area (Å²) < 4.78 is 0.853. The highest BCUT2D eigenvalue weighted by molar-refractivity contribution is 9.10. The number of anilines is 1. The molecule has 108 valence electrons. The number of rotatable bonds is 5. The van der Waals surface area contributed by atoms with E-state index in [1.165, 1.54) is 0 Å². The second kappa shape index (κ2) is 6.59. The topological polar surface area (TPSA) is 58.2 Å². The molecule has 0 bridgehead atoms. The van der Waals surface area contributed by atoms with Gasteiger partial charge in [0.05, 0.1) is 10.7 Å². The molecule has 0 radical (unpaired) electrons. The Balaban J connectivity index is 1.73. The first-order chi connectivity index (χ1) is 9.47. The van der Waals surface area contributed by atoms with Crippen LogP contribution >= 0.6 is 27.5 Å². The van der Waals surface area contributed by atoms with E-state index in [1.807, 2.05) is 6.92 Å². The number of amides is 2. The van der Waals surface area contributed by atoms with Crippen molar-refractivity contribution in [3.05, 3.63) is 27.7 Å². The van der Waals surface area contributed by atoms with Crippen molar-refractivity contribution in [1.29, 1.82) is 0 Å². The Morgan fingerprint density at radius 3 is 2.75 bits per heavy atom. The average Bonchev–Trinajstić information content (AvgIpc) is 3.10. The first-order valence-corrected chi connectivity index (χ1v) is 7.67. The molecular weight excluding hydrogens is 344 g/mol. The molecule has 2 rings (SSSR count). The van der Waals surface area contributed by atoms with Crippen LogP contribution in [0.3, 0.4) is 0 Å². The van der Waals surface area contributed by atoms with Crippen molar-refractivity contribution in [3.8, 4) is 0 Å². The second-order valence-corrected chi connectivity index (χ2v) is 6.36. The van der Waals surface area contributed by atoms with Crippen LogP contribution < -0.4 is 10.6 Å². The summed E-state index contributed by atoms with van der Waals surface area (Å²) in [5, 5.41) is 5.97. The molecule has 1 aliphatic rings. The summed E-state index contributed by atoms with van der Waals surface area (Å²) in [6, 6.07) is 5.25. The van der Waals surface area contributed by atoms with Gasteiger partial charge < -0.3 is 10.6 Å². The Bertz CT molecular complexity index is 536. The molecule has 20 heavy (non-hydrogen) atoms. The molecule has 0 aromatic heterocycles. The number of halogens is 2. The summed E-state index contributed by atoms with van der Waals surface area (Å²) in [5.41, 5.74) is 0.571. The van der Waals surface area contributed by atoms with E-state index in [4.69, 9.17) is 11.6 Å². The lowest BCUT2D eigenvalue weighted by atomic mass is 10.3. The first-order valence-electron chi connectivity index (χ1n) is 6.50. The molecule has 1 fully saturated rings. The molecule has 1 aromatic rings. The minimum Gasteiger partial charge on any atom is -0.355 e. The zero-order valence-corrected chi connectivity index (χ0v) is 13.4. The van der Waals surface area contributed by atoms with Crippen molar-refractivity contribution >= 4 is 45.0 Å². The normalized spacial score (nSPS) is 20.4. The van der Waals surface area contributed by atoms with E-state index in [9.17, 15) is 9.59 Å². The number of benzene rings is 1. The zero-order valence-electron chi connectivity index (χ0n) is 11.1. The molecule has 1 saturated carbocycles. The monoisotopic (exact) mass is 358 g/mol. The van der Waals surface area contributed by atoms with Crippen molar-refractivity contribution in [1.82, 2.24) is 5.32 Å². The highest BCUT2D eigenvalue weighted by atomic mass is 79.9. The molecule has 2 atom stereocenters. The quantitative estimate of drug-likeness (QED) is 0.848. The summed E-state index contributed by atoms with van der Waals surface area (Å²) >= 11 is 9.31. The van der Waals surface area contributed by atoms with Gasteiger partial charge in [0.1, 0.15) is 0 Å². The fourth-order valence-electron chi connectivity index (χ4n) is 1.92. The van der Waals surface area contributed by atoms with Crippen LogP contribution in [-0.2, 0) is 9.59 Å². The summed E-state index contributed by atoms with van der Waals surface area (Å²) in [6.07, 6.45) is 1.19. The molecule has 1 aromatic carbocycles. The number of hydrogen-bond acceptors (Lipinski definition) is 2. The van der Waals surface area contributed by atoms with E-state index in [-0.39, 0.29) is 24.2 Å². The molecule has 0 saturated heterocycles. The maximum absolute atomic E-state index is 11.7. The number of carbonyl (C=O) groups excluding carboxylic acids is 2. The smallest absolute Gasteiger partial charge is 0.226 e. The van der Waals surface area contributed by atoms with Crippen molar-refractivity contribution in [2.45, 2.75) is 19.8 Å². The van der Waals surface area contributed by atoms with Crippen molar-refractivity contribution in [2.75, 3.05) is 11.9 Å². The second-order valence-electron chi connectivity index (χ2n) is 5.03. The van der Waals surface area contributed by atoms with Crippen molar-refractivity contribution in [2.24, 2.45) is 11.8 Å². The largest absolute Gasteiger partial charge is 0.355 e. The van der Waals surface area contributed by atoms with Gasteiger partial charge in [0.25, 0.3) is 0 Å². The minimum absolute atomic E-state index is 0.0481. The summed E-state index contributed by atoms with van der Waals surface area (Å²) in [5.74, 6) is 0.495. The van der Waals surface area contributed by atoms with Gasteiger partial charge in [-0.3, -0.25) is 9.59 Å². The van der Waals surface area contributed by atoms with E-state index in [0.717, 1.165) is 10.9 Å². The Labute approximate surface area is 131 Å². The third-order valence-corrected chi connectivity index (χ3v) is 4.11. The molecule has 1 aliphatic carbocycles. The predicted octanol–water partition coefficient (Wildman–Crippen LogP) is 3.20. The highest BCUT2D eigenvalue weighted by Gasteiger charge is 2.38. The van der Waals surface area contributed by atoms with Crippen LogP contribution in [0.25, 0.3) is 0 Å². The maximum atomic E-state index is 11.7. The van der Waals surface area contributed by atoms with E-state index < -0.39 is 0 Å². The van der Waals surface area contributed by atoms with Gasteiger partial charge in [0.2, 0.25) is 11.8 Å². The third kappa shape index (κ3) is 4.21. The van der Waals surface area contributed by atoms with Crippen LogP contribution in [0.1, 0.15) is 19.8 Å². The Morgan fingerprint density at radius 1 is 1.45 bits per heavy atom. The molecule has 6 heteroatoms. The van der Waals surface area contributed by atoms with E-state index in [2.05, 4.69) is 26.6 Å². The van der Waals surface area contributed by atoms with Gasteiger partial charge in [-0.1, -0.05) is 34.5 Å². The maximum Gasteiger partial charge on any atom is 0.226 e. The fourth-order valence-corrected chi connectivity index (χ4v) is 2.64.